The number of carbonyl (C=O) groups is 1. The van der Waals surface area contributed by atoms with E-state index in [4.69, 9.17) is 5.11 Å². The number of nitrogens with zero attached hydrogens (tertiary/aromatic N) is 3. The molecule has 1 aliphatic rings. The monoisotopic (exact) mass is 409 g/mol. The highest BCUT2D eigenvalue weighted by atomic mass is 16.4. The molecule has 160 valence electrons. The van der Waals surface area contributed by atoms with Gasteiger partial charge in [-0.25, -0.2) is 0 Å². The van der Waals surface area contributed by atoms with E-state index in [-0.39, 0.29) is 12.8 Å². The predicted molar refractivity (Wildman–Crippen MR) is 120 cm³/mol. The molecule has 1 saturated heterocycles. The fraction of sp³-hybridized carbons (Fsp3) is 0.458. The maximum Gasteiger partial charge on any atom is 0.303 e. The van der Waals surface area contributed by atoms with Crippen LogP contribution in [0, 0.1) is 11.8 Å². The minimum Gasteiger partial charge on any atom is -0.481 e. The molecule has 0 aliphatic carbocycles. The summed E-state index contributed by atoms with van der Waals surface area (Å²) in [5.41, 5.74) is 4.64. The van der Waals surface area contributed by atoms with Crippen LogP contribution in [0.5, 0.6) is 0 Å². The summed E-state index contributed by atoms with van der Waals surface area (Å²) in [7, 11) is 0. The van der Waals surface area contributed by atoms with Gasteiger partial charge in [0.15, 0.2) is 0 Å². The Kier molecular flexibility index (Phi) is 7.97. The van der Waals surface area contributed by atoms with Gasteiger partial charge in [0.05, 0.1) is 0 Å². The third kappa shape index (κ3) is 6.39. The van der Waals surface area contributed by atoms with E-state index in [1.165, 1.54) is 16.8 Å². The summed E-state index contributed by atoms with van der Waals surface area (Å²) in [5, 5.41) is 11.9. The summed E-state index contributed by atoms with van der Waals surface area (Å²) in [6.07, 6.45) is 2.28. The van der Waals surface area contributed by atoms with E-state index in [0.29, 0.717) is 0 Å². The van der Waals surface area contributed by atoms with Crippen LogP contribution in [0.15, 0.2) is 53.7 Å². The Labute approximate surface area is 178 Å². The summed E-state index contributed by atoms with van der Waals surface area (Å²) in [6, 6.07) is 16.1. The molecule has 6 nitrogen and oxygen atoms in total. The molecular formula is C24H31N3O3. The van der Waals surface area contributed by atoms with E-state index in [2.05, 4.69) is 46.2 Å². The third-order valence-corrected chi connectivity index (χ3v) is 5.83. The molecule has 1 fully saturated rings. The lowest BCUT2D eigenvalue weighted by atomic mass is 10.00. The summed E-state index contributed by atoms with van der Waals surface area (Å²) >= 11 is 0. The fourth-order valence-corrected chi connectivity index (χ4v) is 3.94. The maximum absolute atomic E-state index is 11.0. The number of hydrogen-bond acceptors (Lipinski definition) is 5. The lowest BCUT2D eigenvalue weighted by Crippen LogP contribution is -2.46. The number of nitroso groups, excluding NO2 is 1. The minimum atomic E-state index is -0.903. The van der Waals surface area contributed by atoms with E-state index in [1.807, 2.05) is 24.3 Å². The average molecular weight is 410 g/mol. The van der Waals surface area contributed by atoms with E-state index in [0.717, 1.165) is 51.1 Å². The average Bonchev–Trinajstić information content (AvgIpc) is 2.76. The Morgan fingerprint density at radius 2 is 1.70 bits per heavy atom. The van der Waals surface area contributed by atoms with Gasteiger partial charge in [-0.15, -0.1) is 0 Å². The van der Waals surface area contributed by atoms with Crippen LogP contribution in [0.4, 0.5) is 5.69 Å². The molecule has 6 heteroatoms. The lowest BCUT2D eigenvalue weighted by Gasteiger charge is -2.36. The number of anilines is 1. The summed E-state index contributed by atoms with van der Waals surface area (Å²) in [4.78, 5) is 26.7. The zero-order valence-electron chi connectivity index (χ0n) is 17.7. The van der Waals surface area contributed by atoms with E-state index < -0.39 is 12.0 Å². The first-order valence-corrected chi connectivity index (χ1v) is 10.7. The van der Waals surface area contributed by atoms with Gasteiger partial charge in [-0.1, -0.05) is 47.1 Å². The minimum absolute atomic E-state index is 0.0463. The molecule has 30 heavy (non-hydrogen) atoms. The first-order chi connectivity index (χ1) is 14.5. The Bertz CT molecular complexity index is 813. The van der Waals surface area contributed by atoms with Crippen molar-refractivity contribution in [2.75, 3.05) is 37.6 Å². The van der Waals surface area contributed by atoms with Gasteiger partial charge in [0.25, 0.3) is 0 Å². The number of carboxylic acids is 1. The second kappa shape index (κ2) is 10.9. The van der Waals surface area contributed by atoms with Gasteiger partial charge in [-0.3, -0.25) is 9.69 Å². The normalized spacial score (nSPS) is 15.7. The van der Waals surface area contributed by atoms with Crippen LogP contribution in [0.1, 0.15) is 42.0 Å². The largest absolute Gasteiger partial charge is 0.481 e. The van der Waals surface area contributed by atoms with Crippen molar-refractivity contribution in [2.45, 2.75) is 38.6 Å². The number of hydrogen-bond donors (Lipinski definition) is 1. The molecule has 1 unspecified atom stereocenters. The molecule has 0 radical (unpaired) electrons. The first-order valence-electron chi connectivity index (χ1n) is 10.7. The first kappa shape index (κ1) is 22.0. The van der Waals surface area contributed by atoms with Crippen LogP contribution < -0.4 is 4.90 Å². The van der Waals surface area contributed by atoms with Crippen molar-refractivity contribution < 1.29 is 9.90 Å². The van der Waals surface area contributed by atoms with Gasteiger partial charge in [0.1, 0.15) is 6.04 Å². The fourth-order valence-electron chi connectivity index (χ4n) is 3.94. The van der Waals surface area contributed by atoms with Crippen molar-refractivity contribution in [3.8, 4) is 0 Å². The number of rotatable bonds is 10. The molecule has 0 amide bonds. The van der Waals surface area contributed by atoms with Gasteiger partial charge in [-0.2, -0.15) is 4.91 Å². The van der Waals surface area contributed by atoms with Crippen molar-refractivity contribution >= 4 is 11.7 Å². The molecule has 1 aliphatic heterocycles. The number of carboxylic acid groups (broad SMARTS) is 1. The Hall–Kier alpha value is -2.73. The number of piperazine rings is 1. The van der Waals surface area contributed by atoms with Crippen LogP contribution in [0.25, 0.3) is 0 Å². The SMILES string of the molecule is Cc1ccc(N2CCN(CCCc3ccc(C(CCC(=O)O)N=O)cc3)CC2)cc1. The molecule has 0 saturated carbocycles. The van der Waals surface area contributed by atoms with E-state index in [9.17, 15) is 9.70 Å². The van der Waals surface area contributed by atoms with Gasteiger partial charge in [-0.05, 0) is 56.0 Å². The molecule has 2 aromatic rings. The smallest absolute Gasteiger partial charge is 0.303 e. The molecule has 0 spiro atoms. The summed E-state index contributed by atoms with van der Waals surface area (Å²) in [6.45, 7) is 7.50. The van der Waals surface area contributed by atoms with E-state index >= 15 is 0 Å². The van der Waals surface area contributed by atoms with Crippen LogP contribution in [0.2, 0.25) is 0 Å². The van der Waals surface area contributed by atoms with Crippen LogP contribution in [-0.4, -0.2) is 48.7 Å². The molecule has 2 aromatic carbocycles. The standard InChI is InChI=1S/C24H31N3O3/c1-19-4-10-22(11-5-19)27-17-15-26(16-18-27)14-2-3-20-6-8-21(9-7-20)23(25-30)12-13-24(28)29/h4-11,23H,2-3,12-18H2,1H3,(H,28,29). The van der Waals surface area contributed by atoms with Crippen LogP contribution in [0.3, 0.4) is 0 Å². The van der Waals surface area contributed by atoms with Gasteiger partial charge < -0.3 is 10.0 Å². The lowest BCUT2D eigenvalue weighted by molar-refractivity contribution is -0.137. The van der Waals surface area contributed by atoms with Crippen molar-refractivity contribution in [1.82, 2.24) is 4.90 Å². The summed E-state index contributed by atoms with van der Waals surface area (Å²) < 4.78 is 0. The van der Waals surface area contributed by atoms with Gasteiger partial charge >= 0.3 is 5.97 Å². The molecule has 1 heterocycles. The molecular weight excluding hydrogens is 378 g/mol. The topological polar surface area (TPSA) is 73.2 Å². The quantitative estimate of drug-likeness (QED) is 0.588. The number of aryl methyl sites for hydroxylation is 2. The highest BCUT2D eigenvalue weighted by Crippen LogP contribution is 2.23. The van der Waals surface area contributed by atoms with Crippen molar-refractivity contribution in [3.05, 3.63) is 70.1 Å². The third-order valence-electron chi connectivity index (χ3n) is 5.83. The number of aliphatic carboxylic acids is 1. The highest BCUT2D eigenvalue weighted by molar-refractivity contribution is 5.66. The van der Waals surface area contributed by atoms with Gasteiger partial charge in [0, 0.05) is 38.3 Å². The molecule has 0 bridgehead atoms. The zero-order valence-corrected chi connectivity index (χ0v) is 17.7. The summed E-state index contributed by atoms with van der Waals surface area (Å²) in [5.74, 6) is -0.903. The highest BCUT2D eigenvalue weighted by Gasteiger charge is 2.17. The van der Waals surface area contributed by atoms with E-state index in [1.54, 1.807) is 0 Å². The van der Waals surface area contributed by atoms with Crippen molar-refractivity contribution in [1.29, 1.82) is 0 Å². The van der Waals surface area contributed by atoms with Crippen LogP contribution in [-0.2, 0) is 11.2 Å². The van der Waals surface area contributed by atoms with Crippen LogP contribution >= 0.6 is 0 Å². The molecule has 1 atom stereocenters. The van der Waals surface area contributed by atoms with Gasteiger partial charge in [0.2, 0.25) is 0 Å². The molecule has 0 aromatic heterocycles. The second-order valence-electron chi connectivity index (χ2n) is 8.06. The molecule has 3 rings (SSSR count). The Morgan fingerprint density at radius 1 is 1.03 bits per heavy atom. The number of benzene rings is 2. The Morgan fingerprint density at radius 3 is 2.30 bits per heavy atom. The zero-order chi connectivity index (χ0) is 21.3. The second-order valence-corrected chi connectivity index (χ2v) is 8.06. The maximum atomic E-state index is 11.0. The van der Waals surface area contributed by atoms with Crippen molar-refractivity contribution in [3.63, 3.8) is 0 Å². The predicted octanol–water partition coefficient (Wildman–Crippen LogP) is 4.42. The Balaban J connectivity index is 1.39. The molecule has 1 N–H and O–H groups in total. The van der Waals surface area contributed by atoms with Crippen molar-refractivity contribution in [2.24, 2.45) is 5.18 Å².